The largest absolute Gasteiger partial charge is 0.497 e. The molecule has 0 aliphatic heterocycles. The minimum Gasteiger partial charge on any atom is -0.497 e. The average Bonchev–Trinajstić information content (AvgIpc) is 3.46. The van der Waals surface area contributed by atoms with E-state index in [0.717, 1.165) is 43.9 Å². The minimum absolute atomic E-state index is 0.133. The van der Waals surface area contributed by atoms with Crippen LogP contribution in [0.15, 0.2) is 66.9 Å². The molecule has 0 aliphatic rings. The number of hydrogen-bond acceptors (Lipinski definition) is 6. The molecule has 0 radical (unpaired) electrons. The summed E-state index contributed by atoms with van der Waals surface area (Å²) in [5.74, 6) is 1.28. The fourth-order valence-electron chi connectivity index (χ4n) is 3.26. The summed E-state index contributed by atoms with van der Waals surface area (Å²) in [7, 11) is 4.69. The van der Waals surface area contributed by atoms with Crippen LogP contribution in [0.1, 0.15) is 0 Å². The maximum absolute atomic E-state index is 11.8. The highest BCUT2D eigenvalue weighted by molar-refractivity contribution is 7.18. The number of ether oxygens (including phenoxy) is 3. The van der Waals surface area contributed by atoms with Crippen LogP contribution in [-0.4, -0.2) is 36.8 Å². The van der Waals surface area contributed by atoms with E-state index in [-0.39, 0.29) is 12.5 Å². The Hall–Kier alpha value is -3.58. The summed E-state index contributed by atoms with van der Waals surface area (Å²) in [5.41, 5.74) is 3.77. The molecular formula is C24H22N2O4S. The van der Waals surface area contributed by atoms with E-state index in [2.05, 4.69) is 0 Å². The quantitative estimate of drug-likeness (QED) is 0.377. The maximum atomic E-state index is 11.8. The number of esters is 1. The number of hydrogen-bond donors (Lipinski definition) is 0. The van der Waals surface area contributed by atoms with Crippen molar-refractivity contribution >= 4 is 17.3 Å². The SMILES string of the molecule is COC(=O)Cn1cccc1-c1nc(-c2ccc(OC)cc2)c(-c2ccc(OC)cc2)s1. The Morgan fingerprint density at radius 3 is 2.10 bits per heavy atom. The summed E-state index contributed by atoms with van der Waals surface area (Å²) in [6.07, 6.45) is 1.85. The third-order valence-corrected chi connectivity index (χ3v) is 6.05. The number of aromatic nitrogens is 2. The van der Waals surface area contributed by atoms with E-state index < -0.39 is 0 Å². The van der Waals surface area contributed by atoms with Crippen molar-refractivity contribution in [3.8, 4) is 43.9 Å². The normalized spacial score (nSPS) is 10.7. The molecule has 31 heavy (non-hydrogen) atoms. The Morgan fingerprint density at radius 2 is 1.52 bits per heavy atom. The molecule has 4 aromatic rings. The molecule has 4 rings (SSSR count). The van der Waals surface area contributed by atoms with E-state index in [1.807, 2.05) is 71.4 Å². The van der Waals surface area contributed by atoms with E-state index in [1.165, 1.54) is 7.11 Å². The van der Waals surface area contributed by atoms with Crippen LogP contribution in [0.2, 0.25) is 0 Å². The average molecular weight is 435 g/mol. The third kappa shape index (κ3) is 4.32. The van der Waals surface area contributed by atoms with Gasteiger partial charge in [0.25, 0.3) is 0 Å². The number of benzene rings is 2. The molecule has 0 unspecified atom stereocenters. The predicted molar refractivity (Wildman–Crippen MR) is 122 cm³/mol. The van der Waals surface area contributed by atoms with Crippen LogP contribution in [0.25, 0.3) is 32.4 Å². The van der Waals surface area contributed by atoms with Gasteiger partial charge in [-0.25, -0.2) is 4.98 Å². The van der Waals surface area contributed by atoms with Crippen molar-refractivity contribution in [1.29, 1.82) is 0 Å². The van der Waals surface area contributed by atoms with Gasteiger partial charge in [0.2, 0.25) is 0 Å². The summed E-state index contributed by atoms with van der Waals surface area (Å²) in [6.45, 7) is 0.133. The lowest BCUT2D eigenvalue weighted by Crippen LogP contribution is -2.11. The molecule has 0 spiro atoms. The van der Waals surface area contributed by atoms with Gasteiger partial charge in [0.05, 0.1) is 37.6 Å². The first-order valence-electron chi connectivity index (χ1n) is 9.65. The van der Waals surface area contributed by atoms with E-state index in [1.54, 1.807) is 25.6 Å². The summed E-state index contributed by atoms with van der Waals surface area (Å²) in [4.78, 5) is 17.8. The van der Waals surface area contributed by atoms with Gasteiger partial charge in [0, 0.05) is 11.8 Å². The van der Waals surface area contributed by atoms with Crippen LogP contribution in [-0.2, 0) is 16.1 Å². The number of thiazole rings is 1. The van der Waals surface area contributed by atoms with Gasteiger partial charge < -0.3 is 18.8 Å². The van der Waals surface area contributed by atoms with Crippen molar-refractivity contribution in [3.05, 3.63) is 66.9 Å². The summed E-state index contributed by atoms with van der Waals surface area (Å²) < 4.78 is 17.3. The molecule has 6 nitrogen and oxygen atoms in total. The van der Waals surface area contributed by atoms with E-state index >= 15 is 0 Å². The molecule has 0 saturated heterocycles. The van der Waals surface area contributed by atoms with Crippen LogP contribution in [0.5, 0.6) is 11.5 Å². The Morgan fingerprint density at radius 1 is 0.903 bits per heavy atom. The van der Waals surface area contributed by atoms with Crippen LogP contribution in [0, 0.1) is 0 Å². The second-order valence-electron chi connectivity index (χ2n) is 6.75. The molecule has 0 amide bonds. The van der Waals surface area contributed by atoms with Gasteiger partial charge >= 0.3 is 5.97 Å². The fraction of sp³-hybridized carbons (Fsp3) is 0.167. The van der Waals surface area contributed by atoms with E-state index in [9.17, 15) is 4.79 Å². The molecule has 158 valence electrons. The van der Waals surface area contributed by atoms with Gasteiger partial charge in [-0.1, -0.05) is 0 Å². The molecule has 2 heterocycles. The fourth-order valence-corrected chi connectivity index (χ4v) is 4.40. The molecule has 0 N–H and O–H groups in total. The first kappa shape index (κ1) is 20.7. The number of rotatable bonds is 7. The van der Waals surface area contributed by atoms with Crippen molar-refractivity contribution in [2.75, 3.05) is 21.3 Å². The zero-order chi connectivity index (χ0) is 21.8. The molecule has 2 aromatic heterocycles. The number of carbonyl (C=O) groups is 1. The number of methoxy groups -OCH3 is 3. The lowest BCUT2D eigenvalue weighted by molar-refractivity contribution is -0.141. The number of carbonyl (C=O) groups excluding carboxylic acids is 1. The molecule has 7 heteroatoms. The molecule has 0 aliphatic carbocycles. The molecule has 0 fully saturated rings. The van der Waals surface area contributed by atoms with Gasteiger partial charge in [0.1, 0.15) is 23.1 Å². The van der Waals surface area contributed by atoms with Gasteiger partial charge in [-0.3, -0.25) is 4.79 Å². The van der Waals surface area contributed by atoms with Crippen molar-refractivity contribution in [2.24, 2.45) is 0 Å². The monoisotopic (exact) mass is 434 g/mol. The van der Waals surface area contributed by atoms with Crippen LogP contribution in [0.3, 0.4) is 0 Å². The summed E-state index contributed by atoms with van der Waals surface area (Å²) in [5, 5.41) is 0.825. The Bertz CT molecular complexity index is 1110. The zero-order valence-electron chi connectivity index (χ0n) is 17.5. The van der Waals surface area contributed by atoms with Crippen molar-refractivity contribution in [2.45, 2.75) is 6.54 Å². The minimum atomic E-state index is -0.306. The van der Waals surface area contributed by atoms with Crippen molar-refractivity contribution in [1.82, 2.24) is 9.55 Å². The van der Waals surface area contributed by atoms with Gasteiger partial charge in [-0.15, -0.1) is 11.3 Å². The number of nitrogens with zero attached hydrogens (tertiary/aromatic N) is 2. The molecule has 0 atom stereocenters. The van der Waals surface area contributed by atoms with Gasteiger partial charge in [-0.05, 0) is 66.2 Å². The van der Waals surface area contributed by atoms with Gasteiger partial charge in [-0.2, -0.15) is 0 Å². The Balaban J connectivity index is 1.82. The summed E-state index contributed by atoms with van der Waals surface area (Å²) >= 11 is 1.58. The topological polar surface area (TPSA) is 62.6 Å². The standard InChI is InChI=1S/C24H22N2O4S/c1-28-18-10-6-16(7-11-18)22-23(17-8-12-19(29-2)13-9-17)31-24(25-22)20-5-4-14-26(20)15-21(27)30-3/h4-14H,15H2,1-3H3. The van der Waals surface area contributed by atoms with Crippen molar-refractivity contribution < 1.29 is 19.0 Å². The molecule has 2 aromatic carbocycles. The second kappa shape index (κ2) is 9.06. The third-order valence-electron chi connectivity index (χ3n) is 4.92. The molecule has 0 bridgehead atoms. The predicted octanol–water partition coefficient (Wildman–Crippen LogP) is 5.14. The first-order valence-corrected chi connectivity index (χ1v) is 10.5. The van der Waals surface area contributed by atoms with Crippen LogP contribution >= 0.6 is 11.3 Å². The van der Waals surface area contributed by atoms with Crippen LogP contribution < -0.4 is 9.47 Å². The highest BCUT2D eigenvalue weighted by Crippen LogP contribution is 2.41. The van der Waals surface area contributed by atoms with Crippen LogP contribution in [0.4, 0.5) is 0 Å². The lowest BCUT2D eigenvalue weighted by atomic mass is 10.1. The molecular weight excluding hydrogens is 412 g/mol. The lowest BCUT2D eigenvalue weighted by Gasteiger charge is -2.05. The van der Waals surface area contributed by atoms with Crippen molar-refractivity contribution in [3.63, 3.8) is 0 Å². The van der Waals surface area contributed by atoms with E-state index in [0.29, 0.717) is 0 Å². The smallest absolute Gasteiger partial charge is 0.325 e. The van der Waals surface area contributed by atoms with Gasteiger partial charge in [0.15, 0.2) is 0 Å². The molecule has 0 saturated carbocycles. The Labute approximate surface area is 184 Å². The van der Waals surface area contributed by atoms with E-state index in [4.69, 9.17) is 19.2 Å². The Kier molecular flexibility index (Phi) is 6.04. The maximum Gasteiger partial charge on any atom is 0.325 e. The second-order valence-corrected chi connectivity index (χ2v) is 7.75. The zero-order valence-corrected chi connectivity index (χ0v) is 18.3. The highest BCUT2D eigenvalue weighted by Gasteiger charge is 2.19. The summed E-state index contributed by atoms with van der Waals surface area (Å²) in [6, 6.07) is 19.6. The first-order chi connectivity index (χ1) is 15.1. The highest BCUT2D eigenvalue weighted by atomic mass is 32.1.